The molecule has 0 radical (unpaired) electrons. The topological polar surface area (TPSA) is 106 Å². The van der Waals surface area contributed by atoms with Crippen molar-refractivity contribution in [3.05, 3.63) is 41.6 Å². The minimum atomic E-state index is -0.897. The fourth-order valence-corrected chi connectivity index (χ4v) is 7.54. The van der Waals surface area contributed by atoms with E-state index >= 15 is 0 Å². The molecular weight excluding hydrogens is 530 g/mol. The van der Waals surface area contributed by atoms with Gasteiger partial charge in [-0.2, -0.15) is 0 Å². The predicted octanol–water partition coefficient (Wildman–Crippen LogP) is 3.34. The normalized spacial score (nSPS) is 27.8. The van der Waals surface area contributed by atoms with Gasteiger partial charge in [0.1, 0.15) is 18.1 Å². The van der Waals surface area contributed by atoms with Crippen LogP contribution in [0, 0.1) is 17.8 Å². The molecule has 4 aliphatic rings. The van der Waals surface area contributed by atoms with Crippen molar-refractivity contribution in [2.75, 3.05) is 20.1 Å². The highest BCUT2D eigenvalue weighted by Gasteiger charge is 2.53. The number of fused-ring (bicyclic) bond motifs is 3. The molecule has 4 amide bonds. The standard InChI is InChI=1S/C33H43N5O4/c1-6-18(3)28(32(41)38-29(19(4)7-2)33(42)37-13-9-12-25(37)31(38)40)35-30(39)21-14-23-22-10-8-11-24-27(22)20(16-34-24)15-26(23)36(5)17-21/h8,10-11,14,16,18-19,21,25-26,28-29,34H,6-7,9,12-13,15,17H2,1-5H3,(H,35,39)/t18-,19-,21+,25+,26+,28-,29-/m0/s1. The Morgan fingerprint density at radius 2 is 1.88 bits per heavy atom. The van der Waals surface area contributed by atoms with E-state index in [0.717, 1.165) is 29.5 Å². The molecule has 0 saturated carbocycles. The van der Waals surface area contributed by atoms with Gasteiger partial charge in [-0.1, -0.05) is 58.7 Å². The van der Waals surface area contributed by atoms with E-state index in [0.29, 0.717) is 32.4 Å². The zero-order valence-corrected chi connectivity index (χ0v) is 25.4. The molecule has 0 unspecified atom stereocenters. The summed E-state index contributed by atoms with van der Waals surface area (Å²) in [7, 11) is 2.05. The average molecular weight is 574 g/mol. The Kier molecular flexibility index (Phi) is 7.50. The zero-order chi connectivity index (χ0) is 29.9. The Balaban J connectivity index is 1.30. The molecule has 2 aromatic rings. The van der Waals surface area contributed by atoms with Gasteiger partial charge in [-0.15, -0.1) is 0 Å². The van der Waals surface area contributed by atoms with Crippen LogP contribution in [-0.4, -0.2) is 87.6 Å². The first-order valence-corrected chi connectivity index (χ1v) is 15.6. The van der Waals surface area contributed by atoms with Gasteiger partial charge in [0.05, 0.1) is 5.92 Å². The minimum Gasteiger partial charge on any atom is -0.361 e. The van der Waals surface area contributed by atoms with Gasteiger partial charge in [-0.05, 0) is 60.9 Å². The number of imide groups is 1. The van der Waals surface area contributed by atoms with Crippen LogP contribution < -0.4 is 5.32 Å². The van der Waals surface area contributed by atoms with Crippen LogP contribution in [0.5, 0.6) is 0 Å². The second-order valence-electron chi connectivity index (χ2n) is 12.9. The third-order valence-corrected chi connectivity index (χ3v) is 10.4. The van der Waals surface area contributed by atoms with Crippen molar-refractivity contribution in [2.24, 2.45) is 17.8 Å². The van der Waals surface area contributed by atoms with Gasteiger partial charge < -0.3 is 15.2 Å². The minimum absolute atomic E-state index is 0.144. The number of carbonyl (C=O) groups excluding carboxylic acids is 4. The second kappa shape index (κ2) is 11.0. The first-order chi connectivity index (χ1) is 20.2. The Hall–Kier alpha value is -3.46. The number of aromatic amines is 1. The third kappa shape index (κ3) is 4.48. The van der Waals surface area contributed by atoms with Crippen LogP contribution in [0.2, 0.25) is 0 Å². The van der Waals surface area contributed by atoms with Gasteiger partial charge in [0.2, 0.25) is 11.8 Å². The van der Waals surface area contributed by atoms with Crippen molar-refractivity contribution in [3.63, 3.8) is 0 Å². The largest absolute Gasteiger partial charge is 0.361 e. The number of carbonyl (C=O) groups is 4. The Morgan fingerprint density at radius 1 is 1.10 bits per heavy atom. The number of nitrogens with one attached hydrogen (secondary N) is 2. The fraction of sp³-hybridized carbons (Fsp3) is 0.576. The summed E-state index contributed by atoms with van der Waals surface area (Å²) in [6, 6.07) is 4.09. The number of hydrogen-bond donors (Lipinski definition) is 2. The summed E-state index contributed by atoms with van der Waals surface area (Å²) in [6.45, 7) is 8.88. The van der Waals surface area contributed by atoms with Crippen molar-refractivity contribution < 1.29 is 19.2 Å². The number of piperazine rings is 1. The van der Waals surface area contributed by atoms with Crippen LogP contribution in [-0.2, 0) is 25.6 Å². The smallest absolute Gasteiger partial charge is 0.252 e. The highest BCUT2D eigenvalue weighted by atomic mass is 16.2. The summed E-state index contributed by atoms with van der Waals surface area (Å²) in [6.07, 6.45) is 7.67. The van der Waals surface area contributed by atoms with Crippen LogP contribution in [0.1, 0.15) is 64.5 Å². The number of likely N-dealkylation sites (N-methyl/N-ethyl adjacent to an activating group) is 1. The maximum atomic E-state index is 14.3. The monoisotopic (exact) mass is 573 g/mol. The van der Waals surface area contributed by atoms with E-state index in [1.165, 1.54) is 15.8 Å². The Bertz CT molecular complexity index is 1460. The van der Waals surface area contributed by atoms with Crippen LogP contribution in [0.3, 0.4) is 0 Å². The molecule has 1 aromatic carbocycles. The lowest BCUT2D eigenvalue weighted by atomic mass is 9.79. The molecule has 9 heteroatoms. The number of H-pyrrole nitrogens is 1. The van der Waals surface area contributed by atoms with Crippen LogP contribution in [0.15, 0.2) is 30.5 Å². The quantitative estimate of drug-likeness (QED) is 0.529. The van der Waals surface area contributed by atoms with Gasteiger partial charge >= 0.3 is 0 Å². The molecule has 6 rings (SSSR count). The molecule has 224 valence electrons. The molecule has 2 fully saturated rings. The van der Waals surface area contributed by atoms with Gasteiger partial charge in [-0.25, -0.2) is 0 Å². The predicted molar refractivity (Wildman–Crippen MR) is 161 cm³/mol. The number of hydrogen-bond acceptors (Lipinski definition) is 5. The molecule has 0 bridgehead atoms. The number of rotatable bonds is 7. The lowest BCUT2D eigenvalue weighted by Gasteiger charge is -2.45. The van der Waals surface area contributed by atoms with E-state index < -0.39 is 30.0 Å². The molecule has 1 aromatic heterocycles. The maximum Gasteiger partial charge on any atom is 0.252 e. The summed E-state index contributed by atoms with van der Waals surface area (Å²) >= 11 is 0. The molecule has 4 heterocycles. The average Bonchev–Trinajstić information content (AvgIpc) is 3.66. The van der Waals surface area contributed by atoms with Crippen LogP contribution >= 0.6 is 0 Å². The van der Waals surface area contributed by atoms with E-state index in [1.54, 1.807) is 4.90 Å². The SMILES string of the molecule is CC[C@H](C)[C@H](NC(=O)[C@@H]1C=C2c3cccc4[nH]cc(c34)C[C@H]2N(C)C1)C(=O)N1C(=O)[C@H]2CCCN2C(=O)[C@@H]1[C@@H](C)CC. The van der Waals surface area contributed by atoms with E-state index in [4.69, 9.17) is 0 Å². The van der Waals surface area contributed by atoms with E-state index in [-0.39, 0.29) is 35.6 Å². The molecule has 2 N–H and O–H groups in total. The van der Waals surface area contributed by atoms with Gasteiger partial charge in [0.15, 0.2) is 0 Å². The fourth-order valence-electron chi connectivity index (χ4n) is 7.54. The molecule has 42 heavy (non-hydrogen) atoms. The second-order valence-corrected chi connectivity index (χ2v) is 12.9. The zero-order valence-electron chi connectivity index (χ0n) is 25.4. The van der Waals surface area contributed by atoms with E-state index in [9.17, 15) is 19.2 Å². The molecule has 1 aliphatic carbocycles. The van der Waals surface area contributed by atoms with Crippen molar-refractivity contribution >= 4 is 40.1 Å². The maximum absolute atomic E-state index is 14.3. The van der Waals surface area contributed by atoms with Crippen molar-refractivity contribution in [3.8, 4) is 0 Å². The number of nitrogens with zero attached hydrogens (tertiary/aromatic N) is 3. The molecule has 0 spiro atoms. The molecule has 9 nitrogen and oxygen atoms in total. The highest BCUT2D eigenvalue weighted by molar-refractivity contribution is 6.09. The number of benzene rings is 1. The van der Waals surface area contributed by atoms with Crippen molar-refractivity contribution in [1.29, 1.82) is 0 Å². The summed E-state index contributed by atoms with van der Waals surface area (Å²) < 4.78 is 0. The number of amides is 4. The molecule has 3 aliphatic heterocycles. The summed E-state index contributed by atoms with van der Waals surface area (Å²) in [5.74, 6) is -1.97. The highest BCUT2D eigenvalue weighted by Crippen LogP contribution is 2.41. The van der Waals surface area contributed by atoms with Crippen molar-refractivity contribution in [2.45, 2.75) is 84.0 Å². The Labute approximate surface area is 247 Å². The number of aromatic nitrogens is 1. The lowest BCUT2D eigenvalue weighted by molar-refractivity contribution is -0.169. The van der Waals surface area contributed by atoms with Crippen LogP contribution in [0.4, 0.5) is 0 Å². The summed E-state index contributed by atoms with van der Waals surface area (Å²) in [5, 5.41) is 4.29. The van der Waals surface area contributed by atoms with Crippen LogP contribution in [0.25, 0.3) is 16.5 Å². The lowest BCUT2D eigenvalue weighted by Crippen LogP contribution is -2.69. The van der Waals surface area contributed by atoms with Crippen molar-refractivity contribution in [1.82, 2.24) is 25.0 Å². The molecule has 2 saturated heterocycles. The Morgan fingerprint density at radius 3 is 2.62 bits per heavy atom. The molecular formula is C33H43N5O4. The first-order valence-electron chi connectivity index (χ1n) is 15.6. The third-order valence-electron chi connectivity index (χ3n) is 10.4. The van der Waals surface area contributed by atoms with Gasteiger partial charge in [-0.3, -0.25) is 29.0 Å². The van der Waals surface area contributed by atoms with Gasteiger partial charge in [0, 0.05) is 36.2 Å². The first kappa shape index (κ1) is 28.6. The molecule has 7 atom stereocenters. The summed E-state index contributed by atoms with van der Waals surface area (Å²) in [5.41, 5.74) is 4.67. The van der Waals surface area contributed by atoms with Gasteiger partial charge in [0.25, 0.3) is 11.8 Å². The van der Waals surface area contributed by atoms with E-state index in [2.05, 4.69) is 46.7 Å². The van der Waals surface area contributed by atoms with E-state index in [1.807, 2.05) is 33.8 Å². The summed E-state index contributed by atoms with van der Waals surface area (Å²) in [4.78, 5) is 64.1.